The molecule has 4 rings (SSSR count). The maximum atomic E-state index is 11.9. The van der Waals surface area contributed by atoms with E-state index in [1.54, 1.807) is 11.3 Å². The zero-order valence-electron chi connectivity index (χ0n) is 15.8. The number of ether oxygens (including phenoxy) is 1. The third kappa shape index (κ3) is 4.81. The van der Waals surface area contributed by atoms with Crippen LogP contribution in [0.4, 0.5) is 0 Å². The van der Waals surface area contributed by atoms with Crippen LogP contribution in [0.5, 0.6) is 0 Å². The van der Waals surface area contributed by atoms with Gasteiger partial charge in [0.1, 0.15) is 0 Å². The van der Waals surface area contributed by atoms with Crippen molar-refractivity contribution in [3.8, 4) is 0 Å². The minimum absolute atomic E-state index is 0.211. The van der Waals surface area contributed by atoms with Crippen molar-refractivity contribution >= 4 is 44.3 Å². The molecule has 0 aliphatic heterocycles. The Hall–Kier alpha value is -3.19. The summed E-state index contributed by atoms with van der Waals surface area (Å²) in [7, 11) is 0. The van der Waals surface area contributed by atoms with Crippen molar-refractivity contribution in [1.29, 1.82) is 0 Å². The van der Waals surface area contributed by atoms with E-state index in [-0.39, 0.29) is 18.9 Å². The number of benzene rings is 2. The van der Waals surface area contributed by atoms with Crippen molar-refractivity contribution in [3.05, 3.63) is 65.3 Å². The molecule has 0 radical (unpaired) electrons. The number of nitrogens with zero attached hydrogens (tertiary/aromatic N) is 1. The summed E-state index contributed by atoms with van der Waals surface area (Å²) in [5.74, 6) is -0.686. The van der Waals surface area contributed by atoms with Gasteiger partial charge in [-0.05, 0) is 30.2 Å². The highest BCUT2D eigenvalue weighted by atomic mass is 32.1. The smallest absolute Gasteiger partial charge is 0.306 e. The highest BCUT2D eigenvalue weighted by Crippen LogP contribution is 2.22. The Morgan fingerprint density at radius 1 is 1.07 bits per heavy atom. The van der Waals surface area contributed by atoms with E-state index in [4.69, 9.17) is 4.74 Å². The first-order chi connectivity index (χ1) is 14.2. The fourth-order valence-corrected chi connectivity index (χ4v) is 4.15. The van der Waals surface area contributed by atoms with Crippen LogP contribution in [0.3, 0.4) is 0 Å². The van der Waals surface area contributed by atoms with Crippen LogP contribution < -0.4 is 5.32 Å². The highest BCUT2D eigenvalue weighted by molar-refractivity contribution is 7.18. The average molecular weight is 407 g/mol. The van der Waals surface area contributed by atoms with Crippen molar-refractivity contribution in [2.24, 2.45) is 0 Å². The number of amides is 1. The Kier molecular flexibility index (Phi) is 5.86. The summed E-state index contributed by atoms with van der Waals surface area (Å²) in [6, 6.07) is 15.9. The molecule has 6 nitrogen and oxygen atoms in total. The zero-order valence-corrected chi connectivity index (χ0v) is 16.6. The molecule has 0 bridgehead atoms. The summed E-state index contributed by atoms with van der Waals surface area (Å²) >= 11 is 1.57. The van der Waals surface area contributed by atoms with E-state index in [2.05, 4.69) is 21.4 Å². The topological polar surface area (TPSA) is 84.1 Å². The molecule has 0 spiro atoms. The van der Waals surface area contributed by atoms with E-state index >= 15 is 0 Å². The quantitative estimate of drug-likeness (QED) is 0.437. The number of thiazole rings is 1. The second-order valence-corrected chi connectivity index (χ2v) is 7.81. The number of hydrogen-bond donors (Lipinski definition) is 2. The van der Waals surface area contributed by atoms with E-state index in [1.165, 1.54) is 0 Å². The lowest BCUT2D eigenvalue weighted by atomic mass is 10.1. The summed E-state index contributed by atoms with van der Waals surface area (Å²) < 4.78 is 6.18. The number of aromatic nitrogens is 2. The summed E-state index contributed by atoms with van der Waals surface area (Å²) in [5.41, 5.74) is 3.17. The molecule has 2 aromatic carbocycles. The summed E-state index contributed by atoms with van der Waals surface area (Å²) in [4.78, 5) is 31.5. The monoisotopic (exact) mass is 407 g/mol. The van der Waals surface area contributed by atoms with Crippen LogP contribution in [0.1, 0.15) is 17.0 Å². The molecular weight excluding hydrogens is 386 g/mol. The van der Waals surface area contributed by atoms with Crippen LogP contribution in [0.2, 0.25) is 0 Å². The predicted octanol–water partition coefficient (Wildman–Crippen LogP) is 3.61. The molecule has 4 aromatic rings. The zero-order chi connectivity index (χ0) is 20.1. The second kappa shape index (κ2) is 8.87. The normalized spacial score (nSPS) is 11.0. The molecule has 29 heavy (non-hydrogen) atoms. The minimum atomic E-state index is -0.393. The van der Waals surface area contributed by atoms with Gasteiger partial charge < -0.3 is 15.0 Å². The van der Waals surface area contributed by atoms with E-state index in [9.17, 15) is 9.59 Å². The van der Waals surface area contributed by atoms with Gasteiger partial charge in [-0.15, -0.1) is 11.3 Å². The SMILES string of the molecule is O=C(COC(=O)CCc1nc2ccccc2s1)NCCc1c[nH]c2ccccc12. The second-order valence-electron chi connectivity index (χ2n) is 6.70. The summed E-state index contributed by atoms with van der Waals surface area (Å²) in [6.45, 7) is 0.233. The molecule has 0 fully saturated rings. The number of rotatable bonds is 8. The maximum absolute atomic E-state index is 11.9. The molecule has 2 heterocycles. The number of H-pyrrole nitrogens is 1. The number of aromatic amines is 1. The van der Waals surface area contributed by atoms with Gasteiger partial charge >= 0.3 is 5.97 Å². The van der Waals surface area contributed by atoms with Crippen LogP contribution in [-0.4, -0.2) is 35.0 Å². The Morgan fingerprint density at radius 2 is 1.90 bits per heavy atom. The number of fused-ring (bicyclic) bond motifs is 2. The lowest BCUT2D eigenvalue weighted by Crippen LogP contribution is -2.30. The molecule has 148 valence electrons. The molecule has 7 heteroatoms. The Labute approximate surface area is 171 Å². The first-order valence-electron chi connectivity index (χ1n) is 9.51. The first kappa shape index (κ1) is 19.1. The molecule has 2 N–H and O–H groups in total. The molecule has 1 amide bonds. The maximum Gasteiger partial charge on any atom is 0.306 e. The average Bonchev–Trinajstić information content (AvgIpc) is 3.34. The van der Waals surface area contributed by atoms with Crippen LogP contribution in [0, 0.1) is 0 Å². The molecule has 2 aromatic heterocycles. The predicted molar refractivity (Wildman–Crippen MR) is 114 cm³/mol. The molecule has 0 saturated heterocycles. The number of carbonyl (C=O) groups is 2. The summed E-state index contributed by atoms with van der Waals surface area (Å²) in [6.07, 6.45) is 3.39. The number of esters is 1. The van der Waals surface area contributed by atoms with Gasteiger partial charge in [-0.25, -0.2) is 4.98 Å². The number of carbonyl (C=O) groups excluding carboxylic acids is 2. The lowest BCUT2D eigenvalue weighted by molar-refractivity contribution is -0.148. The fourth-order valence-electron chi connectivity index (χ4n) is 3.18. The summed E-state index contributed by atoms with van der Waals surface area (Å²) in [5, 5.41) is 4.84. The minimum Gasteiger partial charge on any atom is -0.456 e. The van der Waals surface area contributed by atoms with Gasteiger partial charge in [0.25, 0.3) is 5.91 Å². The van der Waals surface area contributed by atoms with Gasteiger partial charge in [0.05, 0.1) is 21.6 Å². The standard InChI is InChI=1S/C22H21N3O3S/c26-20(23-12-11-15-13-24-17-6-2-1-5-16(15)17)14-28-22(27)10-9-21-25-18-7-3-4-8-19(18)29-21/h1-8,13,24H,9-12,14H2,(H,23,26). The first-order valence-corrected chi connectivity index (χ1v) is 10.3. The number of aryl methyl sites for hydroxylation is 1. The van der Waals surface area contributed by atoms with Gasteiger partial charge in [0.2, 0.25) is 0 Å². The molecule has 0 unspecified atom stereocenters. The molecule has 0 atom stereocenters. The Morgan fingerprint density at radius 3 is 2.79 bits per heavy atom. The molecule has 0 saturated carbocycles. The van der Waals surface area contributed by atoms with Crippen LogP contribution in [0.25, 0.3) is 21.1 Å². The van der Waals surface area contributed by atoms with Crippen molar-refractivity contribution in [2.75, 3.05) is 13.2 Å². The van der Waals surface area contributed by atoms with E-state index in [1.807, 2.05) is 48.7 Å². The van der Waals surface area contributed by atoms with Gasteiger partial charge in [-0.3, -0.25) is 9.59 Å². The van der Waals surface area contributed by atoms with Crippen LogP contribution >= 0.6 is 11.3 Å². The van der Waals surface area contributed by atoms with E-state index < -0.39 is 5.97 Å². The van der Waals surface area contributed by atoms with Crippen LogP contribution in [0.15, 0.2) is 54.7 Å². The van der Waals surface area contributed by atoms with Crippen molar-refractivity contribution in [3.63, 3.8) is 0 Å². The van der Waals surface area contributed by atoms with Gasteiger partial charge in [-0.1, -0.05) is 30.3 Å². The van der Waals surface area contributed by atoms with Crippen molar-refractivity contribution < 1.29 is 14.3 Å². The van der Waals surface area contributed by atoms with Crippen molar-refractivity contribution in [1.82, 2.24) is 15.3 Å². The Bertz CT molecular complexity index is 1120. The molecular formula is C22H21N3O3S. The third-order valence-electron chi connectivity index (χ3n) is 4.64. The van der Waals surface area contributed by atoms with Crippen molar-refractivity contribution in [2.45, 2.75) is 19.3 Å². The lowest BCUT2D eigenvalue weighted by Gasteiger charge is -2.06. The Balaban J connectivity index is 1.16. The van der Waals surface area contributed by atoms with Crippen LogP contribution in [-0.2, 0) is 27.2 Å². The van der Waals surface area contributed by atoms with Gasteiger partial charge in [-0.2, -0.15) is 0 Å². The number of hydrogen-bond acceptors (Lipinski definition) is 5. The molecule has 0 aliphatic rings. The number of nitrogens with one attached hydrogen (secondary N) is 2. The third-order valence-corrected chi connectivity index (χ3v) is 5.73. The largest absolute Gasteiger partial charge is 0.456 e. The molecule has 0 aliphatic carbocycles. The van der Waals surface area contributed by atoms with Gasteiger partial charge in [0.15, 0.2) is 6.61 Å². The number of para-hydroxylation sites is 2. The van der Waals surface area contributed by atoms with E-state index in [0.717, 1.165) is 31.7 Å². The highest BCUT2D eigenvalue weighted by Gasteiger charge is 2.10. The van der Waals surface area contributed by atoms with Gasteiger partial charge in [0, 0.05) is 30.1 Å². The fraction of sp³-hybridized carbons (Fsp3) is 0.227. The van der Waals surface area contributed by atoms with E-state index in [0.29, 0.717) is 19.4 Å².